The number of halogens is 5. The summed E-state index contributed by atoms with van der Waals surface area (Å²) in [7, 11) is 0. The molecule has 364 valence electrons. The number of carbonyl (C=O) groups excluding carboxylic acids is 5. The van der Waals surface area contributed by atoms with Gasteiger partial charge in [-0.25, -0.2) is 4.39 Å². The SMILES string of the molecule is CC(C)(C)C[C@@H]1N[C@@H](C(=O)N[C@@H]2CC[C@@H](C(=O)N3CCC4(CC3)C[C@@H]4C#Cc3cccc4c3CN([C@H]3CCC(=O)NC3=O)C4=O)OC2)[C@H](c2cccc(Cl)c2F)[C@]12CNc1cc(C(F)(F)F)ncc12. The number of amides is 5. The summed E-state index contributed by atoms with van der Waals surface area (Å²) in [5.74, 6) is 3.75. The van der Waals surface area contributed by atoms with Crippen LogP contribution in [-0.2, 0) is 42.1 Å². The Bertz CT molecular complexity index is 2700. The summed E-state index contributed by atoms with van der Waals surface area (Å²) in [6.07, 6.45) is 0.114. The molecule has 13 nitrogen and oxygen atoms in total. The molecule has 0 unspecified atom stereocenters. The summed E-state index contributed by atoms with van der Waals surface area (Å²) >= 11 is 6.36. The van der Waals surface area contributed by atoms with Gasteiger partial charge in [0.25, 0.3) is 11.8 Å². The molecule has 4 N–H and O–H groups in total. The summed E-state index contributed by atoms with van der Waals surface area (Å²) in [6, 6.07) is 8.31. The number of piperidine rings is 2. The van der Waals surface area contributed by atoms with Gasteiger partial charge in [0.2, 0.25) is 17.7 Å². The molecule has 1 saturated carbocycles. The number of nitrogens with one attached hydrogen (secondary N) is 4. The van der Waals surface area contributed by atoms with Crippen LogP contribution >= 0.6 is 11.6 Å². The molecule has 4 saturated heterocycles. The van der Waals surface area contributed by atoms with Crippen molar-refractivity contribution < 1.29 is 46.3 Å². The van der Waals surface area contributed by atoms with E-state index >= 15 is 4.39 Å². The Hall–Kier alpha value is -5.57. The molecular weight excluding hydrogens is 918 g/mol. The van der Waals surface area contributed by atoms with E-state index in [-0.39, 0.29) is 83.3 Å². The molecule has 18 heteroatoms. The van der Waals surface area contributed by atoms with Crippen LogP contribution in [0.1, 0.15) is 116 Å². The third kappa shape index (κ3) is 8.54. The molecule has 7 aliphatic rings. The fourth-order valence-corrected chi connectivity index (χ4v) is 12.2. The Kier molecular flexibility index (Phi) is 11.9. The van der Waals surface area contributed by atoms with Gasteiger partial charge in [0.05, 0.1) is 23.7 Å². The van der Waals surface area contributed by atoms with E-state index in [9.17, 15) is 37.1 Å². The molecule has 0 bridgehead atoms. The van der Waals surface area contributed by atoms with E-state index < -0.39 is 71.1 Å². The zero-order valence-electron chi connectivity index (χ0n) is 38.5. The first kappa shape index (κ1) is 47.1. The minimum absolute atomic E-state index is 0.00285. The molecule has 1 aromatic heterocycles. The highest BCUT2D eigenvalue weighted by atomic mass is 35.5. The van der Waals surface area contributed by atoms with Crippen molar-refractivity contribution >= 4 is 46.8 Å². The van der Waals surface area contributed by atoms with Gasteiger partial charge in [-0.2, -0.15) is 13.2 Å². The van der Waals surface area contributed by atoms with E-state index in [4.69, 9.17) is 16.3 Å². The van der Waals surface area contributed by atoms with Crippen LogP contribution in [0.3, 0.4) is 0 Å². The lowest BCUT2D eigenvalue weighted by Gasteiger charge is -2.39. The second-order valence-electron chi connectivity index (χ2n) is 21.1. The fraction of sp³-hybridized carbons (Fsp3) is 0.529. The number of pyridine rings is 1. The molecule has 7 heterocycles. The van der Waals surface area contributed by atoms with Crippen molar-refractivity contribution in [1.29, 1.82) is 0 Å². The first-order valence-corrected chi connectivity index (χ1v) is 24.1. The number of nitrogens with zero attached hydrogens (tertiary/aromatic N) is 3. The summed E-state index contributed by atoms with van der Waals surface area (Å²) in [4.78, 5) is 73.2. The molecule has 8 atom stereocenters. The Labute approximate surface area is 402 Å². The van der Waals surface area contributed by atoms with Gasteiger partial charge in [0, 0.05) is 84.5 Å². The van der Waals surface area contributed by atoms with Crippen LogP contribution in [0.5, 0.6) is 0 Å². The average molecular weight is 972 g/mol. The number of rotatable bonds is 6. The normalized spacial score (nSPS) is 29.3. The monoisotopic (exact) mass is 971 g/mol. The second-order valence-corrected chi connectivity index (χ2v) is 21.5. The van der Waals surface area contributed by atoms with E-state index in [1.165, 1.54) is 17.2 Å². The number of hydrogen-bond donors (Lipinski definition) is 4. The first-order chi connectivity index (χ1) is 32.8. The van der Waals surface area contributed by atoms with E-state index in [0.717, 1.165) is 36.5 Å². The fourth-order valence-electron chi connectivity index (χ4n) is 12.0. The van der Waals surface area contributed by atoms with Crippen LogP contribution < -0.4 is 21.3 Å². The molecule has 0 radical (unpaired) electrons. The third-order valence-corrected chi connectivity index (χ3v) is 16.0. The number of fused-ring (bicyclic) bond motifs is 3. The molecule has 6 aliphatic heterocycles. The van der Waals surface area contributed by atoms with Gasteiger partial charge in [-0.3, -0.25) is 34.3 Å². The van der Waals surface area contributed by atoms with Crippen molar-refractivity contribution in [3.63, 3.8) is 0 Å². The number of anilines is 1. The summed E-state index contributed by atoms with van der Waals surface area (Å²) < 4.78 is 63.9. The summed E-state index contributed by atoms with van der Waals surface area (Å²) in [6.45, 7) is 7.65. The van der Waals surface area contributed by atoms with E-state index in [1.54, 1.807) is 24.3 Å². The number of hydrogen-bond acceptors (Lipinski definition) is 9. The molecule has 2 aromatic carbocycles. The topological polar surface area (TPSA) is 162 Å². The maximum Gasteiger partial charge on any atom is 0.433 e. The minimum atomic E-state index is -4.68. The van der Waals surface area contributed by atoms with Crippen LogP contribution in [0.15, 0.2) is 48.7 Å². The van der Waals surface area contributed by atoms with Crippen LogP contribution in [0.4, 0.5) is 23.2 Å². The highest BCUT2D eigenvalue weighted by Crippen LogP contribution is 2.59. The smallest absolute Gasteiger partial charge is 0.384 e. The lowest BCUT2D eigenvalue weighted by atomic mass is 9.63. The number of benzene rings is 2. The highest BCUT2D eigenvalue weighted by molar-refractivity contribution is 6.30. The molecular formula is C51H54ClF4N7O6. The van der Waals surface area contributed by atoms with E-state index in [2.05, 4.69) is 38.1 Å². The zero-order chi connectivity index (χ0) is 48.8. The Morgan fingerprint density at radius 1 is 1.04 bits per heavy atom. The molecule has 1 aliphatic carbocycles. The standard InChI is InChI=1S/C51H54ClF4N7O6/c1-48(2,3)22-39-50(26-58-35-20-38(51(54,55)56)57-23-33(35)50)41(31-8-5-9-34(52)42(31)53)43(60-39)45(66)59-29-12-14-37(69-25-29)47(68)62-18-16-49(17-19-62)21-28(49)11-10-27-6-4-7-30-32(27)24-63(46(30)67)36-13-15-40(64)61-44(36)65/h4-9,20,23,28-29,36-37,39,41,43,58,60H,12-19,21-22,24-26H2,1-3H3,(H,59,66)(H,61,64,65)/t28-,29+,36-,37-,39-,41-,43+,50-/m0/s1. The Morgan fingerprint density at radius 3 is 2.52 bits per heavy atom. The first-order valence-electron chi connectivity index (χ1n) is 23.8. The van der Waals surface area contributed by atoms with Crippen LogP contribution in [0, 0.1) is 34.4 Å². The van der Waals surface area contributed by atoms with Gasteiger partial charge in [-0.1, -0.05) is 62.4 Å². The lowest BCUT2D eigenvalue weighted by Crippen LogP contribution is -2.53. The van der Waals surface area contributed by atoms with Gasteiger partial charge in [-0.15, -0.1) is 0 Å². The maximum absolute atomic E-state index is 16.2. The van der Waals surface area contributed by atoms with Crippen molar-refractivity contribution in [2.45, 2.75) is 126 Å². The predicted octanol–water partition coefficient (Wildman–Crippen LogP) is 6.22. The maximum atomic E-state index is 16.2. The van der Waals surface area contributed by atoms with Crippen molar-refractivity contribution in [3.05, 3.63) is 93.0 Å². The summed E-state index contributed by atoms with van der Waals surface area (Å²) in [5, 5.41) is 12.0. The Balaban J connectivity index is 0.775. The summed E-state index contributed by atoms with van der Waals surface area (Å²) in [5.41, 5.74) is 0.446. The van der Waals surface area contributed by atoms with Gasteiger partial charge in [0.1, 0.15) is 23.7 Å². The van der Waals surface area contributed by atoms with Gasteiger partial charge in [-0.05, 0) is 91.2 Å². The molecule has 10 rings (SSSR count). The largest absolute Gasteiger partial charge is 0.433 e. The van der Waals surface area contributed by atoms with Gasteiger partial charge >= 0.3 is 6.18 Å². The number of likely N-dealkylation sites (tertiary alicyclic amines) is 1. The second kappa shape index (κ2) is 17.4. The van der Waals surface area contributed by atoms with Crippen molar-refractivity contribution in [1.82, 2.24) is 30.7 Å². The third-order valence-electron chi connectivity index (χ3n) is 15.7. The molecule has 5 amide bonds. The van der Waals surface area contributed by atoms with E-state index in [0.29, 0.717) is 43.5 Å². The highest BCUT2D eigenvalue weighted by Gasteiger charge is 2.62. The predicted molar refractivity (Wildman–Crippen MR) is 245 cm³/mol. The van der Waals surface area contributed by atoms with Crippen molar-refractivity contribution in [3.8, 4) is 11.8 Å². The molecule has 3 aromatic rings. The number of alkyl halides is 3. The van der Waals surface area contributed by atoms with Gasteiger partial charge in [0.15, 0.2) is 0 Å². The van der Waals surface area contributed by atoms with E-state index in [1.807, 2.05) is 31.7 Å². The molecule has 69 heavy (non-hydrogen) atoms. The number of imide groups is 1. The number of ether oxygens (including phenoxy) is 1. The number of aromatic nitrogens is 1. The minimum Gasteiger partial charge on any atom is -0.384 e. The van der Waals surface area contributed by atoms with Crippen molar-refractivity contribution in [2.24, 2.45) is 16.7 Å². The molecule has 2 spiro atoms. The van der Waals surface area contributed by atoms with Crippen LogP contribution in [-0.4, -0.2) is 101 Å². The zero-order valence-corrected chi connectivity index (χ0v) is 39.3. The van der Waals surface area contributed by atoms with Crippen molar-refractivity contribution in [2.75, 3.05) is 31.6 Å². The van der Waals surface area contributed by atoms with Crippen LogP contribution in [0.2, 0.25) is 5.02 Å². The Morgan fingerprint density at radius 2 is 1.81 bits per heavy atom. The average Bonchev–Trinajstić information content (AvgIpc) is 3.51. The quantitative estimate of drug-likeness (QED) is 0.128. The lowest BCUT2D eigenvalue weighted by molar-refractivity contribution is -0.149. The molecule has 5 fully saturated rings. The van der Waals surface area contributed by atoms with Crippen LogP contribution in [0.25, 0.3) is 0 Å². The van der Waals surface area contributed by atoms with Gasteiger partial charge < -0.3 is 30.5 Å². The number of carbonyl (C=O) groups is 5.